The molecule has 7 nitrogen and oxygen atoms in total. The van der Waals surface area contributed by atoms with Crippen molar-refractivity contribution in [3.05, 3.63) is 45.2 Å². The van der Waals surface area contributed by atoms with Crippen LogP contribution in [0.2, 0.25) is 0 Å². The summed E-state index contributed by atoms with van der Waals surface area (Å²) in [5.41, 5.74) is 0.874. The van der Waals surface area contributed by atoms with Gasteiger partial charge in [0.05, 0.1) is 17.7 Å². The van der Waals surface area contributed by atoms with E-state index in [-0.39, 0.29) is 17.7 Å². The summed E-state index contributed by atoms with van der Waals surface area (Å²) in [5, 5.41) is 12.5. The summed E-state index contributed by atoms with van der Waals surface area (Å²) < 4.78 is 8.17. The first-order valence-corrected chi connectivity index (χ1v) is 9.31. The molecule has 0 radical (unpaired) electrons. The Hall–Kier alpha value is -1.90. The second-order valence-corrected chi connectivity index (χ2v) is 7.36. The molecule has 2 N–H and O–H groups in total. The number of piperidine rings is 1. The first-order valence-electron chi connectivity index (χ1n) is 8.51. The predicted molar refractivity (Wildman–Crippen MR) is 103 cm³/mol. The number of benzene rings is 1. The molecule has 1 saturated heterocycles. The van der Waals surface area contributed by atoms with Gasteiger partial charge in [-0.25, -0.2) is 4.79 Å². The Balaban J connectivity index is 1.71. The van der Waals surface area contributed by atoms with Gasteiger partial charge in [0, 0.05) is 43.8 Å². The first-order chi connectivity index (χ1) is 12.5. The largest absolute Gasteiger partial charge is 0.465 e. The lowest BCUT2D eigenvalue weighted by Gasteiger charge is -2.37. The van der Waals surface area contributed by atoms with Gasteiger partial charge in [-0.3, -0.25) is 9.69 Å². The van der Waals surface area contributed by atoms with Gasteiger partial charge in [0.1, 0.15) is 0 Å². The molecule has 0 bridgehead atoms. The van der Waals surface area contributed by atoms with Crippen molar-refractivity contribution in [1.29, 1.82) is 0 Å². The third-order valence-electron chi connectivity index (χ3n) is 4.85. The topological polar surface area (TPSA) is 83.8 Å². The van der Waals surface area contributed by atoms with Crippen molar-refractivity contribution in [2.24, 2.45) is 0 Å². The Morgan fingerprint density at radius 2 is 2.12 bits per heavy atom. The number of fused-ring (bicyclic) bond motifs is 1. The van der Waals surface area contributed by atoms with E-state index in [0.717, 1.165) is 21.9 Å². The molecule has 1 amide bonds. The number of nitrogens with zero attached hydrogens (tertiary/aromatic N) is 2. The fourth-order valence-electron chi connectivity index (χ4n) is 3.48. The maximum atomic E-state index is 12.3. The molecule has 0 saturated carbocycles. The summed E-state index contributed by atoms with van der Waals surface area (Å²) in [6, 6.07) is 9.13. The third kappa shape index (κ3) is 4.25. The van der Waals surface area contributed by atoms with Gasteiger partial charge in [-0.2, -0.15) is 0 Å². The molecule has 3 rings (SSSR count). The van der Waals surface area contributed by atoms with Crippen LogP contribution in [0, 0.1) is 0 Å². The molecule has 0 aliphatic carbocycles. The highest BCUT2D eigenvalue weighted by atomic mass is 79.9. The maximum absolute atomic E-state index is 12.3. The fraction of sp³-hybridized carbons (Fsp3) is 0.444. The van der Waals surface area contributed by atoms with Crippen LogP contribution in [-0.2, 0) is 11.3 Å². The minimum absolute atomic E-state index is 0.0266. The SMILES string of the molecule is CO[C@H]1CN(CCn2c(=O)ccc3ccc(Br)cc32)CC[C@@H]1NC(=O)O. The lowest BCUT2D eigenvalue weighted by molar-refractivity contribution is 0.00610. The zero-order valence-corrected chi connectivity index (χ0v) is 16.1. The van der Waals surface area contributed by atoms with Crippen molar-refractivity contribution in [1.82, 2.24) is 14.8 Å². The fourth-order valence-corrected chi connectivity index (χ4v) is 3.83. The van der Waals surface area contributed by atoms with Crippen LogP contribution in [0.1, 0.15) is 6.42 Å². The van der Waals surface area contributed by atoms with Crippen molar-refractivity contribution in [3.63, 3.8) is 0 Å². The van der Waals surface area contributed by atoms with Crippen molar-refractivity contribution >= 4 is 32.9 Å². The molecular weight excluding hydrogens is 402 g/mol. The maximum Gasteiger partial charge on any atom is 0.404 e. The van der Waals surface area contributed by atoms with E-state index in [0.29, 0.717) is 26.1 Å². The molecule has 140 valence electrons. The highest BCUT2D eigenvalue weighted by Crippen LogP contribution is 2.19. The second-order valence-electron chi connectivity index (χ2n) is 6.45. The molecule has 0 unspecified atom stereocenters. The van der Waals surface area contributed by atoms with Gasteiger partial charge >= 0.3 is 6.09 Å². The van der Waals surface area contributed by atoms with Gasteiger partial charge in [-0.05, 0) is 30.0 Å². The Kier molecular flexibility index (Phi) is 5.95. The molecule has 1 aliphatic heterocycles. The highest BCUT2D eigenvalue weighted by molar-refractivity contribution is 9.10. The van der Waals surface area contributed by atoms with Crippen molar-refractivity contribution in [3.8, 4) is 0 Å². The number of methoxy groups -OCH3 is 1. The Bertz CT molecular complexity index is 854. The number of rotatable bonds is 5. The molecule has 1 aliphatic rings. The van der Waals surface area contributed by atoms with E-state index >= 15 is 0 Å². The summed E-state index contributed by atoms with van der Waals surface area (Å²) in [4.78, 5) is 25.4. The Labute approximate surface area is 159 Å². The monoisotopic (exact) mass is 423 g/mol. The molecule has 2 heterocycles. The number of ether oxygens (including phenoxy) is 1. The summed E-state index contributed by atoms with van der Waals surface area (Å²) >= 11 is 3.46. The summed E-state index contributed by atoms with van der Waals surface area (Å²) in [5.74, 6) is 0. The van der Waals surface area contributed by atoms with E-state index in [1.54, 1.807) is 17.7 Å². The van der Waals surface area contributed by atoms with E-state index in [1.807, 2.05) is 24.3 Å². The molecule has 1 fully saturated rings. The van der Waals surface area contributed by atoms with Crippen LogP contribution >= 0.6 is 15.9 Å². The van der Waals surface area contributed by atoms with E-state index in [4.69, 9.17) is 9.84 Å². The molecular formula is C18H22BrN3O4. The number of aromatic nitrogens is 1. The molecule has 0 spiro atoms. The second kappa shape index (κ2) is 8.20. The minimum atomic E-state index is -1.03. The molecule has 1 aromatic carbocycles. The van der Waals surface area contributed by atoms with E-state index in [1.165, 1.54) is 0 Å². The van der Waals surface area contributed by atoms with Gasteiger partial charge in [0.25, 0.3) is 5.56 Å². The van der Waals surface area contributed by atoms with E-state index in [2.05, 4.69) is 26.1 Å². The average molecular weight is 424 g/mol. The van der Waals surface area contributed by atoms with E-state index in [9.17, 15) is 9.59 Å². The molecule has 26 heavy (non-hydrogen) atoms. The number of pyridine rings is 1. The number of hydrogen-bond acceptors (Lipinski definition) is 4. The van der Waals surface area contributed by atoms with Crippen LogP contribution in [0.3, 0.4) is 0 Å². The van der Waals surface area contributed by atoms with Crippen molar-refractivity contribution in [2.75, 3.05) is 26.7 Å². The number of amides is 1. The van der Waals surface area contributed by atoms with Crippen LogP contribution in [0.5, 0.6) is 0 Å². The average Bonchev–Trinajstić information content (AvgIpc) is 2.61. The van der Waals surface area contributed by atoms with Crippen LogP contribution in [0.15, 0.2) is 39.6 Å². The molecule has 2 atom stereocenters. The van der Waals surface area contributed by atoms with E-state index < -0.39 is 6.09 Å². The number of carbonyl (C=O) groups is 1. The third-order valence-corrected chi connectivity index (χ3v) is 5.34. The number of nitrogens with one attached hydrogen (secondary N) is 1. The minimum Gasteiger partial charge on any atom is -0.465 e. The van der Waals surface area contributed by atoms with Crippen LogP contribution < -0.4 is 10.9 Å². The Morgan fingerprint density at radius 1 is 1.35 bits per heavy atom. The lowest BCUT2D eigenvalue weighted by Crippen LogP contribution is -2.55. The summed E-state index contributed by atoms with van der Waals surface area (Å²) in [7, 11) is 1.59. The number of halogens is 1. The summed E-state index contributed by atoms with van der Waals surface area (Å²) in [6.07, 6.45) is -0.544. The number of likely N-dealkylation sites (tertiary alicyclic amines) is 1. The highest BCUT2D eigenvalue weighted by Gasteiger charge is 2.30. The zero-order valence-electron chi connectivity index (χ0n) is 14.5. The van der Waals surface area contributed by atoms with Crippen LogP contribution in [-0.4, -0.2) is 59.6 Å². The summed E-state index contributed by atoms with van der Waals surface area (Å²) in [6.45, 7) is 2.66. The van der Waals surface area contributed by atoms with Crippen LogP contribution in [0.4, 0.5) is 4.79 Å². The van der Waals surface area contributed by atoms with Gasteiger partial charge in [-0.15, -0.1) is 0 Å². The van der Waals surface area contributed by atoms with Crippen molar-refractivity contribution in [2.45, 2.75) is 25.1 Å². The predicted octanol–water partition coefficient (Wildman–Crippen LogP) is 2.12. The molecule has 8 heteroatoms. The zero-order chi connectivity index (χ0) is 18.7. The van der Waals surface area contributed by atoms with Gasteiger partial charge < -0.3 is 19.7 Å². The normalized spacial score (nSPS) is 21.0. The quantitative estimate of drug-likeness (QED) is 0.769. The smallest absolute Gasteiger partial charge is 0.404 e. The van der Waals surface area contributed by atoms with Crippen LogP contribution in [0.25, 0.3) is 10.9 Å². The Morgan fingerprint density at radius 3 is 2.85 bits per heavy atom. The van der Waals surface area contributed by atoms with Crippen molar-refractivity contribution < 1.29 is 14.6 Å². The van der Waals surface area contributed by atoms with Gasteiger partial charge in [-0.1, -0.05) is 22.0 Å². The molecule has 2 aromatic rings. The first kappa shape index (κ1) is 18.9. The van der Waals surface area contributed by atoms with Gasteiger partial charge in [0.15, 0.2) is 0 Å². The lowest BCUT2D eigenvalue weighted by atomic mass is 10.0. The van der Waals surface area contributed by atoms with Gasteiger partial charge in [0.2, 0.25) is 0 Å². The number of carboxylic acid groups (broad SMARTS) is 1. The number of hydrogen-bond donors (Lipinski definition) is 2. The standard InChI is InChI=1S/C18H22BrN3O4/c1-26-16-11-21(7-6-14(16)20-18(24)25)8-9-22-15-10-13(19)4-2-12(15)3-5-17(22)23/h2-5,10,14,16,20H,6-9,11H2,1H3,(H,24,25)/t14-,16-/m0/s1. The molecule has 1 aromatic heterocycles.